The van der Waals surface area contributed by atoms with E-state index in [1.54, 1.807) is 57.7 Å². The lowest BCUT2D eigenvalue weighted by molar-refractivity contribution is -0.111. The molecule has 2 heterocycles. The molecule has 0 aliphatic rings. The van der Waals surface area contributed by atoms with Crippen LogP contribution in [0.2, 0.25) is 0 Å². The number of hydrogen-bond donors (Lipinski definition) is 1. The number of aromatic nitrogens is 1. The van der Waals surface area contributed by atoms with Crippen LogP contribution in [0.15, 0.2) is 87.7 Å². The number of benzene rings is 3. The Hall–Kier alpha value is -4.98. The summed E-state index contributed by atoms with van der Waals surface area (Å²) in [4.78, 5) is 17.1. The smallest absolute Gasteiger partial charge is 0.248 e. The van der Waals surface area contributed by atoms with E-state index in [4.69, 9.17) is 23.0 Å². The fraction of sp³-hybridized carbons (Fsp3) is 0.103. The molecule has 0 aliphatic heterocycles. The molecule has 0 bridgehead atoms. The molecule has 8 heteroatoms. The lowest BCUT2D eigenvalue weighted by atomic mass is 10.2. The van der Waals surface area contributed by atoms with Crippen LogP contribution in [-0.4, -0.2) is 32.2 Å². The molecule has 0 saturated heterocycles. The predicted molar refractivity (Wildman–Crippen MR) is 141 cm³/mol. The summed E-state index contributed by atoms with van der Waals surface area (Å²) in [5, 5.41) is 2.84. The average molecular weight is 497 g/mol. The number of amides is 1. The fourth-order valence-electron chi connectivity index (χ4n) is 3.87. The maximum atomic E-state index is 12.5. The number of carbonyl (C=O) groups is 1. The third-order valence-electron chi connectivity index (χ3n) is 5.65. The summed E-state index contributed by atoms with van der Waals surface area (Å²) < 4.78 is 28.0. The second kappa shape index (κ2) is 10.3. The standard InChI is InChI=1S/C29H24N2O6/c1-33-25-15-19(16-26(34-2)28(25)35-3)29-31-22-17-20(9-12-24(22)37-29)30-27(32)14-11-21-10-13-23(36-21)18-7-5-4-6-8-18/h4-17H,1-3H3,(H,30,32)/b14-11+. The van der Waals surface area contributed by atoms with Crippen LogP contribution in [0.3, 0.4) is 0 Å². The lowest BCUT2D eigenvalue weighted by Crippen LogP contribution is -2.07. The molecular formula is C29H24N2O6. The molecule has 0 fully saturated rings. The molecule has 0 aliphatic carbocycles. The summed E-state index contributed by atoms with van der Waals surface area (Å²) >= 11 is 0. The number of methoxy groups -OCH3 is 3. The zero-order valence-electron chi connectivity index (χ0n) is 20.5. The van der Waals surface area contributed by atoms with E-state index in [9.17, 15) is 4.79 Å². The van der Waals surface area contributed by atoms with E-state index in [1.807, 2.05) is 42.5 Å². The first-order chi connectivity index (χ1) is 18.1. The first kappa shape index (κ1) is 23.7. The third-order valence-corrected chi connectivity index (χ3v) is 5.65. The minimum Gasteiger partial charge on any atom is -0.493 e. The van der Waals surface area contributed by atoms with Gasteiger partial charge in [-0.1, -0.05) is 30.3 Å². The molecule has 5 aromatic rings. The Kier molecular flexibility index (Phi) is 6.63. The normalized spacial score (nSPS) is 11.1. The molecule has 1 N–H and O–H groups in total. The predicted octanol–water partition coefficient (Wildman–Crippen LogP) is 6.43. The maximum absolute atomic E-state index is 12.5. The number of ether oxygens (including phenoxy) is 3. The van der Waals surface area contributed by atoms with Crippen molar-refractivity contribution >= 4 is 28.8 Å². The van der Waals surface area contributed by atoms with E-state index >= 15 is 0 Å². The topological polar surface area (TPSA) is 96.0 Å². The Morgan fingerprint density at radius 2 is 1.59 bits per heavy atom. The van der Waals surface area contributed by atoms with Gasteiger partial charge >= 0.3 is 0 Å². The van der Waals surface area contributed by atoms with Gasteiger partial charge in [0.2, 0.25) is 17.5 Å². The molecule has 0 saturated carbocycles. The Labute approximate surface area is 213 Å². The summed E-state index contributed by atoms with van der Waals surface area (Å²) in [5.74, 6) is 2.86. The Morgan fingerprint density at radius 3 is 2.30 bits per heavy atom. The molecule has 0 atom stereocenters. The molecule has 186 valence electrons. The first-order valence-electron chi connectivity index (χ1n) is 11.4. The van der Waals surface area contributed by atoms with Crippen LogP contribution in [0.4, 0.5) is 5.69 Å². The van der Waals surface area contributed by atoms with Crippen LogP contribution in [0.5, 0.6) is 17.2 Å². The molecule has 37 heavy (non-hydrogen) atoms. The SMILES string of the molecule is COc1cc(-c2nc3cc(NC(=O)/C=C/c4ccc(-c5ccccc5)o4)ccc3o2)cc(OC)c1OC. The van der Waals surface area contributed by atoms with Crippen molar-refractivity contribution in [1.82, 2.24) is 4.98 Å². The number of nitrogens with zero attached hydrogens (tertiary/aromatic N) is 1. The van der Waals surface area contributed by atoms with Crippen molar-refractivity contribution in [1.29, 1.82) is 0 Å². The van der Waals surface area contributed by atoms with Crippen LogP contribution in [-0.2, 0) is 4.79 Å². The van der Waals surface area contributed by atoms with E-state index in [1.165, 1.54) is 6.08 Å². The van der Waals surface area contributed by atoms with Gasteiger partial charge in [-0.05, 0) is 48.5 Å². The van der Waals surface area contributed by atoms with E-state index in [-0.39, 0.29) is 5.91 Å². The molecule has 3 aromatic carbocycles. The van der Waals surface area contributed by atoms with Crippen molar-refractivity contribution in [3.05, 3.63) is 84.6 Å². The van der Waals surface area contributed by atoms with E-state index in [2.05, 4.69) is 10.3 Å². The van der Waals surface area contributed by atoms with Crippen molar-refractivity contribution in [2.75, 3.05) is 26.6 Å². The zero-order valence-corrected chi connectivity index (χ0v) is 20.5. The Balaban J connectivity index is 1.32. The number of rotatable bonds is 8. The number of fused-ring (bicyclic) bond motifs is 1. The molecule has 1 amide bonds. The highest BCUT2D eigenvalue weighted by Gasteiger charge is 2.17. The first-order valence-corrected chi connectivity index (χ1v) is 11.4. The van der Waals surface area contributed by atoms with Gasteiger partial charge in [0, 0.05) is 22.9 Å². The van der Waals surface area contributed by atoms with Crippen molar-refractivity contribution in [2.24, 2.45) is 0 Å². The molecule has 0 unspecified atom stereocenters. The minimum absolute atomic E-state index is 0.301. The van der Waals surface area contributed by atoms with Crippen LogP contribution in [0.25, 0.3) is 40.0 Å². The van der Waals surface area contributed by atoms with Crippen LogP contribution < -0.4 is 19.5 Å². The fourth-order valence-corrected chi connectivity index (χ4v) is 3.87. The van der Waals surface area contributed by atoms with Gasteiger partial charge in [-0.15, -0.1) is 0 Å². The van der Waals surface area contributed by atoms with Crippen LogP contribution in [0.1, 0.15) is 5.76 Å². The van der Waals surface area contributed by atoms with Gasteiger partial charge in [-0.2, -0.15) is 0 Å². The number of nitrogens with one attached hydrogen (secondary N) is 1. The minimum atomic E-state index is -0.301. The molecule has 0 radical (unpaired) electrons. The van der Waals surface area contributed by atoms with Gasteiger partial charge in [0.15, 0.2) is 17.1 Å². The van der Waals surface area contributed by atoms with Crippen molar-refractivity contribution < 1.29 is 27.8 Å². The molecule has 0 spiro atoms. The second-order valence-electron chi connectivity index (χ2n) is 8.01. The number of anilines is 1. The van der Waals surface area contributed by atoms with Crippen molar-refractivity contribution in [3.63, 3.8) is 0 Å². The highest BCUT2D eigenvalue weighted by Crippen LogP contribution is 2.41. The van der Waals surface area contributed by atoms with Crippen LogP contribution in [0, 0.1) is 0 Å². The van der Waals surface area contributed by atoms with Gasteiger partial charge in [0.05, 0.1) is 21.3 Å². The quantitative estimate of drug-likeness (QED) is 0.247. The van der Waals surface area contributed by atoms with E-state index in [0.29, 0.717) is 51.3 Å². The molecular weight excluding hydrogens is 472 g/mol. The van der Waals surface area contributed by atoms with Gasteiger partial charge in [0.1, 0.15) is 17.0 Å². The maximum Gasteiger partial charge on any atom is 0.248 e. The highest BCUT2D eigenvalue weighted by atomic mass is 16.5. The largest absolute Gasteiger partial charge is 0.493 e. The average Bonchev–Trinajstić information content (AvgIpc) is 3.58. The number of carbonyl (C=O) groups excluding carboxylic acids is 1. The lowest BCUT2D eigenvalue weighted by Gasteiger charge is -2.12. The Bertz CT molecular complexity index is 1560. The summed E-state index contributed by atoms with van der Waals surface area (Å²) in [6.45, 7) is 0. The number of oxazole rings is 1. The summed E-state index contributed by atoms with van der Waals surface area (Å²) in [6.07, 6.45) is 3.04. The molecule has 2 aromatic heterocycles. The van der Waals surface area contributed by atoms with E-state index < -0.39 is 0 Å². The van der Waals surface area contributed by atoms with Gasteiger partial charge in [-0.3, -0.25) is 4.79 Å². The van der Waals surface area contributed by atoms with Gasteiger partial charge in [-0.25, -0.2) is 4.98 Å². The van der Waals surface area contributed by atoms with Crippen molar-refractivity contribution in [3.8, 4) is 40.0 Å². The van der Waals surface area contributed by atoms with Gasteiger partial charge < -0.3 is 28.4 Å². The summed E-state index contributed by atoms with van der Waals surface area (Å²) in [7, 11) is 4.64. The summed E-state index contributed by atoms with van der Waals surface area (Å²) in [5.41, 5.74) is 3.37. The Morgan fingerprint density at radius 1 is 0.838 bits per heavy atom. The summed E-state index contributed by atoms with van der Waals surface area (Å²) in [6, 6.07) is 22.2. The van der Waals surface area contributed by atoms with Crippen molar-refractivity contribution in [2.45, 2.75) is 0 Å². The second-order valence-corrected chi connectivity index (χ2v) is 8.01. The molecule has 8 nitrogen and oxygen atoms in total. The van der Waals surface area contributed by atoms with Crippen LogP contribution >= 0.6 is 0 Å². The third kappa shape index (κ3) is 5.04. The monoisotopic (exact) mass is 496 g/mol. The van der Waals surface area contributed by atoms with Gasteiger partial charge in [0.25, 0.3) is 0 Å². The highest BCUT2D eigenvalue weighted by molar-refractivity contribution is 6.02. The van der Waals surface area contributed by atoms with E-state index in [0.717, 1.165) is 11.3 Å². The zero-order chi connectivity index (χ0) is 25.8. The molecule has 5 rings (SSSR count). The number of hydrogen-bond acceptors (Lipinski definition) is 7. The number of furan rings is 1.